The molecular formula is C24H35N4O4Y. The zero-order valence-electron chi connectivity index (χ0n) is 19.9. The molecule has 0 aliphatic rings. The van der Waals surface area contributed by atoms with Gasteiger partial charge in [0.25, 0.3) is 0 Å². The van der Waals surface area contributed by atoms with Gasteiger partial charge in [-0.25, -0.2) is 4.79 Å². The summed E-state index contributed by atoms with van der Waals surface area (Å²) in [5.41, 5.74) is 1.84. The van der Waals surface area contributed by atoms with E-state index in [-0.39, 0.29) is 39.1 Å². The van der Waals surface area contributed by atoms with Crippen LogP contribution in [0.3, 0.4) is 0 Å². The van der Waals surface area contributed by atoms with E-state index in [1.165, 1.54) is 7.11 Å². The molecule has 9 heteroatoms. The van der Waals surface area contributed by atoms with Gasteiger partial charge in [0.05, 0.1) is 13.2 Å². The van der Waals surface area contributed by atoms with Gasteiger partial charge in [0.2, 0.25) is 5.91 Å². The number of methoxy groups -OCH3 is 1. The summed E-state index contributed by atoms with van der Waals surface area (Å²) < 4.78 is 4.71. The van der Waals surface area contributed by atoms with Crippen molar-refractivity contribution in [2.75, 3.05) is 26.7 Å². The van der Waals surface area contributed by atoms with Crippen molar-refractivity contribution >= 4 is 29.2 Å². The van der Waals surface area contributed by atoms with Crippen LogP contribution in [-0.2, 0) is 58.3 Å². The van der Waals surface area contributed by atoms with Crippen LogP contribution in [0.25, 0.3) is 10.9 Å². The summed E-state index contributed by atoms with van der Waals surface area (Å²) in [6.07, 6.45) is 4.83. The molecule has 0 unspecified atom stereocenters. The first-order chi connectivity index (χ1) is 15.4. The fourth-order valence-corrected chi connectivity index (χ4v) is 3.18. The molecule has 1 aromatic carbocycles. The van der Waals surface area contributed by atoms with Crippen LogP contribution in [0.2, 0.25) is 0 Å². The Hall–Kier alpha value is -1.77. The van der Waals surface area contributed by atoms with Crippen LogP contribution in [0.15, 0.2) is 30.5 Å². The van der Waals surface area contributed by atoms with Crippen molar-refractivity contribution in [3.8, 4) is 0 Å². The number of para-hydroxylation sites is 1. The van der Waals surface area contributed by atoms with Crippen LogP contribution in [0.4, 0.5) is 0 Å². The molecule has 2 rings (SSSR count). The summed E-state index contributed by atoms with van der Waals surface area (Å²) in [5.74, 6) is -0.950. The standard InChI is InChI=1S/C18H22N3O4.C6H13N.Y/c1-3-6-15(18(24)25-2)21-17(23)16(20-11-22)9-12-10-19-14-8-5-4-7-13(12)14;1-4-7(5-2)6-3;/h4-5,7-8,10,15-16,19H,3,6,9H2,1-2H3,(H,20,22)(H,21,23);1-2,4-6H2,3H3;/q-1;-2;+3/t15-,16+;;/m0../s1. The number of hydrogen-bond acceptors (Lipinski definition) is 5. The normalized spacial score (nSPS) is 12.1. The van der Waals surface area contributed by atoms with Crippen molar-refractivity contribution in [3.05, 3.63) is 49.9 Å². The predicted molar refractivity (Wildman–Crippen MR) is 126 cm³/mol. The Morgan fingerprint density at radius 1 is 1.18 bits per heavy atom. The summed E-state index contributed by atoms with van der Waals surface area (Å²) in [4.78, 5) is 40.4. The molecule has 2 atom stereocenters. The maximum Gasteiger partial charge on any atom is 3.00 e. The molecule has 0 spiro atoms. The molecule has 2 aromatic rings. The molecule has 2 amide bonds. The third-order valence-corrected chi connectivity index (χ3v) is 5.11. The van der Waals surface area contributed by atoms with Crippen molar-refractivity contribution in [3.63, 3.8) is 0 Å². The van der Waals surface area contributed by atoms with Crippen LogP contribution in [0.5, 0.6) is 0 Å². The number of amides is 2. The summed E-state index contributed by atoms with van der Waals surface area (Å²) >= 11 is 0. The molecule has 3 N–H and O–H groups in total. The average molecular weight is 532 g/mol. The van der Waals surface area contributed by atoms with Crippen molar-refractivity contribution in [2.45, 2.75) is 45.2 Å². The molecule has 0 aliphatic heterocycles. The van der Waals surface area contributed by atoms with E-state index in [0.717, 1.165) is 36.1 Å². The number of esters is 1. The smallest absolute Gasteiger partial charge is 0.520 e. The number of aromatic amines is 1. The number of nitrogens with one attached hydrogen (secondary N) is 3. The second kappa shape index (κ2) is 17.7. The van der Waals surface area contributed by atoms with Gasteiger partial charge >= 0.3 is 38.7 Å². The quantitative estimate of drug-likeness (QED) is 0.221. The third kappa shape index (κ3) is 10.4. The van der Waals surface area contributed by atoms with Gasteiger partial charge in [-0.2, -0.15) is 6.41 Å². The van der Waals surface area contributed by atoms with Gasteiger partial charge in [-0.1, -0.05) is 38.5 Å². The third-order valence-electron chi connectivity index (χ3n) is 5.11. The molecule has 0 bridgehead atoms. The monoisotopic (exact) mass is 532 g/mol. The van der Waals surface area contributed by atoms with E-state index in [1.807, 2.05) is 31.2 Å². The van der Waals surface area contributed by atoms with E-state index >= 15 is 0 Å². The van der Waals surface area contributed by atoms with E-state index < -0.39 is 24.0 Å². The number of hydrogen-bond donors (Lipinski definition) is 3. The Balaban J connectivity index is 0.00000111. The molecule has 0 saturated carbocycles. The summed E-state index contributed by atoms with van der Waals surface area (Å²) in [5, 5.41) is 6.03. The van der Waals surface area contributed by atoms with E-state index in [4.69, 9.17) is 4.74 Å². The minimum absolute atomic E-state index is 0. The van der Waals surface area contributed by atoms with Crippen LogP contribution in [0.1, 0.15) is 32.3 Å². The molecule has 8 nitrogen and oxygen atoms in total. The first-order valence-electron chi connectivity index (χ1n) is 10.8. The predicted octanol–water partition coefficient (Wildman–Crippen LogP) is 2.17. The number of carbonyl (C=O) groups excluding carboxylic acids is 3. The van der Waals surface area contributed by atoms with Gasteiger partial charge < -0.3 is 43.9 Å². The minimum atomic E-state index is -0.833. The molecule has 1 aromatic heterocycles. The molecule has 1 heterocycles. The van der Waals surface area contributed by atoms with Gasteiger partial charge in [-0.05, 0) is 24.6 Å². The molecular weight excluding hydrogens is 497 g/mol. The fraction of sp³-hybridized carbons (Fsp3) is 0.458. The van der Waals surface area contributed by atoms with E-state index in [1.54, 1.807) is 12.6 Å². The topological polar surface area (TPSA) is 104 Å². The van der Waals surface area contributed by atoms with E-state index in [9.17, 15) is 14.4 Å². The average Bonchev–Trinajstić information content (AvgIpc) is 3.22. The number of ether oxygens (including phenoxy) is 1. The van der Waals surface area contributed by atoms with Gasteiger partial charge in [0, 0.05) is 23.5 Å². The Labute approximate surface area is 222 Å². The van der Waals surface area contributed by atoms with Crippen molar-refractivity contribution in [1.29, 1.82) is 0 Å². The number of nitrogens with zero attached hydrogens (tertiary/aromatic N) is 1. The van der Waals surface area contributed by atoms with E-state index in [0.29, 0.717) is 12.8 Å². The number of carbonyl (C=O) groups is 2. The van der Waals surface area contributed by atoms with Gasteiger partial charge in [0.15, 0.2) is 0 Å². The van der Waals surface area contributed by atoms with Gasteiger partial charge in [0.1, 0.15) is 6.04 Å². The van der Waals surface area contributed by atoms with Crippen LogP contribution >= 0.6 is 0 Å². The van der Waals surface area contributed by atoms with Gasteiger partial charge in [-0.3, -0.25) is 4.79 Å². The first-order valence-corrected chi connectivity index (χ1v) is 10.8. The van der Waals surface area contributed by atoms with Crippen LogP contribution < -0.4 is 10.6 Å². The summed E-state index contributed by atoms with van der Waals surface area (Å²) in [7, 11) is 1.28. The fourth-order valence-electron chi connectivity index (χ4n) is 3.18. The molecule has 0 fully saturated rings. The molecule has 0 aliphatic carbocycles. The second-order valence-corrected chi connectivity index (χ2v) is 7.17. The summed E-state index contributed by atoms with van der Waals surface area (Å²) in [6.45, 7) is 14.3. The largest absolute Gasteiger partial charge is 3.00 e. The van der Waals surface area contributed by atoms with Crippen molar-refractivity contribution in [1.82, 2.24) is 20.5 Å². The molecule has 0 radical (unpaired) electrons. The number of rotatable bonds is 12. The molecule has 178 valence electrons. The Morgan fingerprint density at radius 2 is 1.85 bits per heavy atom. The molecule has 33 heavy (non-hydrogen) atoms. The number of benzene rings is 1. The van der Waals surface area contributed by atoms with Crippen molar-refractivity contribution < 1.29 is 51.8 Å². The maximum absolute atomic E-state index is 12.5. The zero-order valence-corrected chi connectivity index (χ0v) is 22.7. The Kier molecular flexibility index (Phi) is 16.7. The SMILES string of the molecule is CCC[C@H](NC(=O)[C@@H](Cc1c[nH]c2ccccc12)N[C-]=O)C(=O)OC.[CH2-]CN(C[CH2-])CC.[Y+3]. The zero-order chi connectivity index (χ0) is 23.9. The number of aromatic nitrogens is 1. The van der Waals surface area contributed by atoms with Gasteiger partial charge in [-0.15, -0.1) is 13.1 Å². The second-order valence-electron chi connectivity index (χ2n) is 7.17. The minimum Gasteiger partial charge on any atom is -0.520 e. The Morgan fingerprint density at radius 3 is 2.36 bits per heavy atom. The molecule has 0 saturated heterocycles. The Bertz CT molecular complexity index is 833. The van der Waals surface area contributed by atoms with Crippen molar-refractivity contribution in [2.24, 2.45) is 0 Å². The first kappa shape index (κ1) is 31.2. The van der Waals surface area contributed by atoms with Crippen LogP contribution in [-0.4, -0.2) is 67.0 Å². The number of H-pyrrole nitrogens is 1. The maximum atomic E-state index is 12.5. The summed E-state index contributed by atoms with van der Waals surface area (Å²) in [6, 6.07) is 6.12. The van der Waals surface area contributed by atoms with Crippen LogP contribution in [0, 0.1) is 13.8 Å². The number of fused-ring (bicyclic) bond motifs is 1. The van der Waals surface area contributed by atoms with E-state index in [2.05, 4.69) is 41.3 Å².